The average molecular weight is 574 g/mol. The van der Waals surface area contributed by atoms with Gasteiger partial charge in [0.25, 0.3) is 11.8 Å². The Morgan fingerprint density at radius 2 is 1.81 bits per heavy atom. The van der Waals surface area contributed by atoms with Gasteiger partial charge in [-0.2, -0.15) is 0 Å². The highest BCUT2D eigenvalue weighted by Crippen LogP contribution is 2.42. The van der Waals surface area contributed by atoms with E-state index in [0.717, 1.165) is 11.1 Å². The summed E-state index contributed by atoms with van der Waals surface area (Å²) in [5.41, 5.74) is 9.16. The van der Waals surface area contributed by atoms with E-state index in [0.29, 0.717) is 47.9 Å². The van der Waals surface area contributed by atoms with Gasteiger partial charge in [0.2, 0.25) is 13.1 Å². The molecule has 0 spiro atoms. The third-order valence-electron chi connectivity index (χ3n) is 7.29. The first kappa shape index (κ1) is 29.0. The normalized spacial score (nSPS) is 19.0. The van der Waals surface area contributed by atoms with Gasteiger partial charge < -0.3 is 40.4 Å². The van der Waals surface area contributed by atoms with Crippen molar-refractivity contribution in [2.45, 2.75) is 38.5 Å². The summed E-state index contributed by atoms with van der Waals surface area (Å²) in [4.78, 5) is 25.9. The molecule has 2 heterocycles. The summed E-state index contributed by atoms with van der Waals surface area (Å²) in [6.45, 7) is 2.72. The van der Waals surface area contributed by atoms with Crippen LogP contribution in [0.4, 0.5) is 11.4 Å². The zero-order valence-corrected chi connectivity index (χ0v) is 23.4. The number of rotatable bonds is 11. The predicted octanol–water partition coefficient (Wildman–Crippen LogP) is 4.32. The zero-order valence-electron chi connectivity index (χ0n) is 23.4. The van der Waals surface area contributed by atoms with Crippen LogP contribution in [0, 0.1) is 5.92 Å². The van der Waals surface area contributed by atoms with E-state index in [2.05, 4.69) is 10.6 Å². The van der Waals surface area contributed by atoms with Crippen LogP contribution >= 0.6 is 0 Å². The van der Waals surface area contributed by atoms with E-state index < -0.39 is 6.29 Å². The molecular formula is C32H35N3O7. The molecule has 0 fully saturated rings. The Hall–Kier alpha value is -4.54. The summed E-state index contributed by atoms with van der Waals surface area (Å²) in [7, 11) is 0. The number of nitrogen functional groups attached to an aromatic ring is 1. The number of hydrogen-bond donors (Lipinski definition) is 4. The van der Waals surface area contributed by atoms with Gasteiger partial charge in [-0.1, -0.05) is 30.3 Å². The Kier molecular flexibility index (Phi) is 9.25. The maximum atomic E-state index is 13.3. The van der Waals surface area contributed by atoms with Crippen molar-refractivity contribution in [1.29, 1.82) is 0 Å². The molecule has 220 valence electrons. The van der Waals surface area contributed by atoms with Gasteiger partial charge in [0.15, 0.2) is 17.3 Å². The molecule has 5 rings (SSSR count). The fourth-order valence-corrected chi connectivity index (χ4v) is 5.11. The number of ether oxygens (including phenoxy) is 4. The van der Waals surface area contributed by atoms with E-state index in [1.165, 1.54) is 0 Å². The van der Waals surface area contributed by atoms with Gasteiger partial charge in [-0.15, -0.1) is 0 Å². The number of anilines is 2. The minimum atomic E-state index is -0.667. The second kappa shape index (κ2) is 13.4. The van der Waals surface area contributed by atoms with Crippen molar-refractivity contribution in [1.82, 2.24) is 5.32 Å². The van der Waals surface area contributed by atoms with Crippen LogP contribution < -0.4 is 25.8 Å². The number of carbonyl (C=O) groups excluding carboxylic acids is 2. The average Bonchev–Trinajstić information content (AvgIpc) is 3.48. The van der Waals surface area contributed by atoms with Gasteiger partial charge in [-0.3, -0.25) is 9.59 Å². The van der Waals surface area contributed by atoms with Crippen LogP contribution in [-0.2, 0) is 20.8 Å². The molecule has 5 N–H and O–H groups in total. The number of nitrogens with two attached hydrogens (primary N) is 1. The van der Waals surface area contributed by atoms with E-state index in [1.54, 1.807) is 48.5 Å². The van der Waals surface area contributed by atoms with Gasteiger partial charge in [0, 0.05) is 37.2 Å². The number of aliphatic hydroxyl groups excluding tert-OH is 1. The van der Waals surface area contributed by atoms with E-state index >= 15 is 0 Å². The molecule has 0 saturated heterocycles. The first-order valence-corrected chi connectivity index (χ1v) is 14.0. The minimum Gasteiger partial charge on any atom is -0.459 e. The highest BCUT2D eigenvalue weighted by molar-refractivity contribution is 6.05. The van der Waals surface area contributed by atoms with Crippen molar-refractivity contribution in [2.24, 2.45) is 5.92 Å². The second-order valence-corrected chi connectivity index (χ2v) is 10.1. The summed E-state index contributed by atoms with van der Waals surface area (Å²) >= 11 is 0. The molecular weight excluding hydrogens is 538 g/mol. The minimum absolute atomic E-state index is 0.0427. The van der Waals surface area contributed by atoms with Gasteiger partial charge in [0.1, 0.15) is 0 Å². The Morgan fingerprint density at radius 1 is 1.02 bits per heavy atom. The van der Waals surface area contributed by atoms with Gasteiger partial charge >= 0.3 is 0 Å². The van der Waals surface area contributed by atoms with Crippen LogP contribution in [0.15, 0.2) is 78.6 Å². The Balaban J connectivity index is 1.29. The van der Waals surface area contributed by atoms with Crippen molar-refractivity contribution in [3.05, 3.63) is 95.3 Å². The summed E-state index contributed by atoms with van der Waals surface area (Å²) in [6, 6.07) is 19.7. The van der Waals surface area contributed by atoms with Crippen molar-refractivity contribution in [3.8, 4) is 11.5 Å². The highest BCUT2D eigenvalue weighted by Gasteiger charge is 2.38. The topological polar surface area (TPSA) is 141 Å². The molecule has 42 heavy (non-hydrogen) atoms. The lowest BCUT2D eigenvalue weighted by Crippen LogP contribution is -2.39. The van der Waals surface area contributed by atoms with E-state index in [9.17, 15) is 14.7 Å². The number of carbonyl (C=O) groups is 2. The number of nitrogens with one attached hydrogen (secondary N) is 2. The lowest BCUT2D eigenvalue weighted by atomic mass is 9.80. The maximum Gasteiger partial charge on any atom is 0.286 e. The van der Waals surface area contributed by atoms with Gasteiger partial charge in [-0.25, -0.2) is 0 Å². The van der Waals surface area contributed by atoms with Crippen molar-refractivity contribution in [3.63, 3.8) is 0 Å². The van der Waals surface area contributed by atoms with Crippen molar-refractivity contribution < 1.29 is 33.6 Å². The summed E-state index contributed by atoms with van der Waals surface area (Å²) in [6.07, 6.45) is 2.36. The molecule has 0 aliphatic carbocycles. The van der Waals surface area contributed by atoms with Crippen LogP contribution in [0.2, 0.25) is 0 Å². The molecule has 2 amide bonds. The van der Waals surface area contributed by atoms with Crippen LogP contribution in [0.1, 0.15) is 47.2 Å². The van der Waals surface area contributed by atoms with Crippen molar-refractivity contribution in [2.75, 3.05) is 31.1 Å². The number of aliphatic hydroxyl groups is 1. The largest absolute Gasteiger partial charge is 0.459 e. The molecule has 3 aromatic rings. The summed E-state index contributed by atoms with van der Waals surface area (Å²) in [5.74, 6) is 0.481. The Labute approximate surface area is 244 Å². The zero-order chi connectivity index (χ0) is 29.5. The van der Waals surface area contributed by atoms with Crippen LogP contribution in [0.25, 0.3) is 0 Å². The van der Waals surface area contributed by atoms with Crippen LogP contribution in [0.5, 0.6) is 11.5 Å². The van der Waals surface area contributed by atoms with Crippen molar-refractivity contribution >= 4 is 23.2 Å². The van der Waals surface area contributed by atoms with Gasteiger partial charge in [0.05, 0.1) is 11.4 Å². The fraction of sp³-hybridized carbons (Fsp3) is 0.312. The molecule has 0 bridgehead atoms. The second-order valence-electron chi connectivity index (χ2n) is 10.1. The van der Waals surface area contributed by atoms with Gasteiger partial charge in [-0.05, 0) is 73.4 Å². The fourth-order valence-electron chi connectivity index (χ4n) is 5.11. The van der Waals surface area contributed by atoms with E-state index in [4.69, 9.17) is 24.7 Å². The molecule has 10 heteroatoms. The molecule has 3 atom stereocenters. The predicted molar refractivity (Wildman–Crippen MR) is 157 cm³/mol. The third-order valence-corrected chi connectivity index (χ3v) is 7.29. The number of para-hydroxylation sites is 2. The number of benzene rings is 3. The van der Waals surface area contributed by atoms with E-state index in [-0.39, 0.29) is 49.4 Å². The first-order valence-electron chi connectivity index (χ1n) is 14.0. The molecule has 2 aliphatic rings. The first-order chi connectivity index (χ1) is 20.5. The number of allylic oxidation sites excluding steroid dienone is 1. The van der Waals surface area contributed by atoms with Crippen LogP contribution in [-0.4, -0.2) is 43.2 Å². The van der Waals surface area contributed by atoms with Crippen LogP contribution in [0.3, 0.4) is 0 Å². The SMILES string of the molecule is CCO[C@@H]1OC(C(=O)NCc2ccc(C(=O)Nc3ccccc3N)cc2)=C[C@H](c2ccc3c(c2)OCO3)[C@@H]1CCCO. The number of fused-ring (bicyclic) bond motifs is 1. The molecule has 0 unspecified atom stereocenters. The van der Waals surface area contributed by atoms with E-state index in [1.807, 2.05) is 31.2 Å². The third kappa shape index (κ3) is 6.67. The molecule has 3 aromatic carbocycles. The molecule has 2 aliphatic heterocycles. The monoisotopic (exact) mass is 573 g/mol. The molecule has 10 nitrogen and oxygen atoms in total. The smallest absolute Gasteiger partial charge is 0.286 e. The molecule has 0 saturated carbocycles. The number of amides is 2. The highest BCUT2D eigenvalue weighted by atomic mass is 16.7. The lowest BCUT2D eigenvalue weighted by molar-refractivity contribution is -0.166. The maximum absolute atomic E-state index is 13.3. The Morgan fingerprint density at radius 3 is 2.57 bits per heavy atom. The summed E-state index contributed by atoms with van der Waals surface area (Å²) < 4.78 is 23.1. The Bertz CT molecular complexity index is 1440. The summed E-state index contributed by atoms with van der Waals surface area (Å²) in [5, 5.41) is 15.2. The quantitative estimate of drug-likeness (QED) is 0.249. The molecule has 0 aromatic heterocycles. The number of hydrogen-bond acceptors (Lipinski definition) is 8. The molecule has 0 radical (unpaired) electrons. The standard InChI is InChI=1S/C32H35N3O7/c1-2-39-32-23(6-5-15-36)24(22-13-14-27-28(16-22)41-19-40-27)17-29(42-32)31(38)34-18-20-9-11-21(12-10-20)30(37)35-26-8-4-3-7-25(26)33/h3-4,7-14,16-17,23-24,32,36H,2,5-6,15,18-19,33H2,1H3,(H,34,38)(H,35,37)/t23-,24+,32+/m0/s1. The lowest BCUT2D eigenvalue weighted by Gasteiger charge is -2.37.